The molecule has 6 heteroatoms. The molecule has 1 N–H and O–H groups in total. The fraction of sp³-hybridized carbons (Fsp3) is 0.478. The van der Waals surface area contributed by atoms with Crippen molar-refractivity contribution >= 4 is 28.5 Å². The van der Waals surface area contributed by atoms with Gasteiger partial charge in [-0.3, -0.25) is 0 Å². The van der Waals surface area contributed by atoms with Crippen LogP contribution in [0, 0.1) is 6.92 Å². The first-order chi connectivity index (χ1) is 13.8. The number of nitrogens with one attached hydrogen (secondary N) is 1. The molecule has 0 fully saturated rings. The van der Waals surface area contributed by atoms with Gasteiger partial charge < -0.3 is 14.6 Å². The summed E-state index contributed by atoms with van der Waals surface area (Å²) in [5.74, 6) is 1.06. The predicted molar refractivity (Wildman–Crippen MR) is 122 cm³/mol. The second kappa shape index (κ2) is 8.72. The molecule has 0 radical (unpaired) electrons. The molecule has 0 saturated heterocycles. The molecule has 0 aliphatic heterocycles. The summed E-state index contributed by atoms with van der Waals surface area (Å²) in [6.45, 7) is 11.3. The van der Waals surface area contributed by atoms with Gasteiger partial charge in [-0.15, -0.1) is 0 Å². The third kappa shape index (κ3) is 3.99. The molecule has 0 amide bonds. The fourth-order valence-electron chi connectivity index (χ4n) is 3.84. The van der Waals surface area contributed by atoms with Gasteiger partial charge >= 0.3 is 0 Å². The minimum absolute atomic E-state index is 0.239. The van der Waals surface area contributed by atoms with Crippen LogP contribution in [-0.4, -0.2) is 35.3 Å². The highest BCUT2D eigenvalue weighted by Gasteiger charge is 2.20. The average Bonchev–Trinajstić information content (AvgIpc) is 3.02. The lowest BCUT2D eigenvalue weighted by molar-refractivity contribution is 0.164. The number of fused-ring (bicyclic) bond motifs is 1. The molecule has 0 bridgehead atoms. The van der Waals surface area contributed by atoms with Crippen molar-refractivity contribution in [3.05, 3.63) is 40.2 Å². The van der Waals surface area contributed by atoms with Crippen molar-refractivity contribution in [3.8, 4) is 11.3 Å². The minimum atomic E-state index is 0.239. The lowest BCUT2D eigenvalue weighted by Crippen LogP contribution is -2.10. The summed E-state index contributed by atoms with van der Waals surface area (Å²) in [5, 5.41) is 3.92. The van der Waals surface area contributed by atoms with E-state index in [-0.39, 0.29) is 12.0 Å². The van der Waals surface area contributed by atoms with Gasteiger partial charge in [-0.25, -0.2) is 9.97 Å². The number of ether oxygens (including phenoxy) is 1. The van der Waals surface area contributed by atoms with E-state index in [1.54, 1.807) is 7.11 Å². The Bertz CT molecular complexity index is 1030. The van der Waals surface area contributed by atoms with E-state index in [1.807, 2.05) is 13.1 Å². The lowest BCUT2D eigenvalue weighted by atomic mass is 10.0. The lowest BCUT2D eigenvalue weighted by Gasteiger charge is -2.17. The van der Waals surface area contributed by atoms with Gasteiger partial charge in [-0.2, -0.15) is 0 Å². The highest BCUT2D eigenvalue weighted by atomic mass is 35.5. The van der Waals surface area contributed by atoms with E-state index >= 15 is 0 Å². The minimum Gasteiger partial charge on any atom is -0.383 e. The van der Waals surface area contributed by atoms with Crippen LogP contribution in [0.15, 0.2) is 18.3 Å². The molecule has 5 nitrogen and oxygen atoms in total. The zero-order valence-electron chi connectivity index (χ0n) is 18.4. The van der Waals surface area contributed by atoms with Gasteiger partial charge in [0.05, 0.1) is 40.1 Å². The number of rotatable bonds is 7. The number of aromatic nitrogens is 3. The first kappa shape index (κ1) is 21.6. The standard InChI is InChI=1S/C23H31ClN4O/c1-8-16-9-19-21(14(4)11-28(19)15(5)12-29-7)26-22(16)17-10-18(24)20(13(2)3)27-23(17)25-6/h9-11,13,15H,8,12H2,1-7H3,(H,25,27). The maximum atomic E-state index is 6.59. The summed E-state index contributed by atoms with van der Waals surface area (Å²) < 4.78 is 7.63. The maximum Gasteiger partial charge on any atom is 0.135 e. The van der Waals surface area contributed by atoms with Gasteiger partial charge in [0.25, 0.3) is 0 Å². The molecule has 29 heavy (non-hydrogen) atoms. The molecule has 0 aliphatic carbocycles. The first-order valence-electron chi connectivity index (χ1n) is 10.2. The largest absolute Gasteiger partial charge is 0.383 e. The average molecular weight is 415 g/mol. The third-order valence-corrected chi connectivity index (χ3v) is 5.67. The Morgan fingerprint density at radius 2 is 1.93 bits per heavy atom. The molecule has 0 saturated carbocycles. The van der Waals surface area contributed by atoms with Crippen LogP contribution in [0.3, 0.4) is 0 Å². The van der Waals surface area contributed by atoms with Crippen LogP contribution in [-0.2, 0) is 11.2 Å². The SMILES string of the molecule is CCc1cc2c(nc1-c1cc(Cl)c(C(C)C)nc1NC)c(C)cn2C(C)COC. The molecule has 1 atom stereocenters. The first-order valence-corrected chi connectivity index (χ1v) is 10.6. The maximum absolute atomic E-state index is 6.59. The van der Waals surface area contributed by atoms with E-state index in [0.717, 1.165) is 45.8 Å². The monoisotopic (exact) mass is 414 g/mol. The van der Waals surface area contributed by atoms with Crippen LogP contribution in [0.25, 0.3) is 22.3 Å². The van der Waals surface area contributed by atoms with Crippen molar-refractivity contribution in [2.24, 2.45) is 0 Å². The molecule has 3 aromatic rings. The van der Waals surface area contributed by atoms with Gasteiger partial charge in [0.2, 0.25) is 0 Å². The Morgan fingerprint density at radius 1 is 1.21 bits per heavy atom. The van der Waals surface area contributed by atoms with E-state index in [0.29, 0.717) is 11.6 Å². The van der Waals surface area contributed by atoms with Crippen molar-refractivity contribution in [2.75, 3.05) is 26.1 Å². The van der Waals surface area contributed by atoms with Crippen LogP contribution in [0.2, 0.25) is 5.02 Å². The van der Waals surface area contributed by atoms with Crippen molar-refractivity contribution in [3.63, 3.8) is 0 Å². The van der Waals surface area contributed by atoms with Crippen LogP contribution < -0.4 is 5.32 Å². The van der Waals surface area contributed by atoms with Crippen LogP contribution in [0.5, 0.6) is 0 Å². The zero-order chi connectivity index (χ0) is 21.3. The topological polar surface area (TPSA) is 52.0 Å². The number of hydrogen-bond acceptors (Lipinski definition) is 4. The zero-order valence-corrected chi connectivity index (χ0v) is 19.2. The van der Waals surface area contributed by atoms with Crippen molar-refractivity contribution in [1.82, 2.24) is 14.5 Å². The molecule has 3 rings (SSSR count). The predicted octanol–water partition coefficient (Wildman–Crippen LogP) is 6.00. The van der Waals surface area contributed by atoms with Gasteiger partial charge in [-0.05, 0) is 49.4 Å². The Balaban J connectivity index is 2.26. The highest BCUT2D eigenvalue weighted by molar-refractivity contribution is 6.31. The van der Waals surface area contributed by atoms with Crippen molar-refractivity contribution in [2.45, 2.75) is 53.0 Å². The van der Waals surface area contributed by atoms with Gasteiger partial charge in [0.15, 0.2) is 0 Å². The summed E-state index contributed by atoms with van der Waals surface area (Å²) in [7, 11) is 3.63. The van der Waals surface area contributed by atoms with E-state index in [9.17, 15) is 0 Å². The number of methoxy groups -OCH3 is 1. The molecule has 3 aromatic heterocycles. The number of aryl methyl sites for hydroxylation is 2. The number of anilines is 1. The second-order valence-corrected chi connectivity index (χ2v) is 8.30. The molecule has 1 unspecified atom stereocenters. The summed E-state index contributed by atoms with van der Waals surface area (Å²) in [4.78, 5) is 9.90. The summed E-state index contributed by atoms with van der Waals surface area (Å²) in [6.07, 6.45) is 3.03. The highest BCUT2D eigenvalue weighted by Crippen LogP contribution is 2.36. The summed E-state index contributed by atoms with van der Waals surface area (Å²) in [5.41, 5.74) is 7.24. The van der Waals surface area contributed by atoms with Gasteiger partial charge in [0.1, 0.15) is 5.82 Å². The van der Waals surface area contributed by atoms with Crippen LogP contribution >= 0.6 is 11.6 Å². The van der Waals surface area contributed by atoms with Gasteiger partial charge in [-0.1, -0.05) is 32.4 Å². The molecule has 3 heterocycles. The van der Waals surface area contributed by atoms with Crippen molar-refractivity contribution in [1.29, 1.82) is 0 Å². The number of halogens is 1. The smallest absolute Gasteiger partial charge is 0.135 e. The Kier molecular flexibility index (Phi) is 6.49. The summed E-state index contributed by atoms with van der Waals surface area (Å²) in [6, 6.07) is 4.49. The fourth-order valence-corrected chi connectivity index (χ4v) is 4.21. The Hall–Kier alpha value is -2.11. The number of hydrogen-bond donors (Lipinski definition) is 1. The molecule has 0 aromatic carbocycles. The molecule has 0 spiro atoms. The molecular formula is C23H31ClN4O. The number of nitrogens with zero attached hydrogens (tertiary/aromatic N) is 3. The van der Waals surface area contributed by atoms with E-state index in [2.05, 4.69) is 56.8 Å². The van der Waals surface area contributed by atoms with Gasteiger partial charge in [0, 0.05) is 25.9 Å². The van der Waals surface area contributed by atoms with E-state index < -0.39 is 0 Å². The quantitative estimate of drug-likeness (QED) is 0.515. The van der Waals surface area contributed by atoms with Crippen LogP contribution in [0.4, 0.5) is 5.82 Å². The molecular weight excluding hydrogens is 384 g/mol. The Labute approximate surface area is 178 Å². The third-order valence-electron chi connectivity index (χ3n) is 5.37. The van der Waals surface area contributed by atoms with E-state index in [1.165, 1.54) is 5.56 Å². The molecule has 156 valence electrons. The van der Waals surface area contributed by atoms with Crippen molar-refractivity contribution < 1.29 is 4.74 Å². The Morgan fingerprint density at radius 3 is 2.52 bits per heavy atom. The van der Waals surface area contributed by atoms with Crippen LogP contribution in [0.1, 0.15) is 56.5 Å². The van der Waals surface area contributed by atoms with E-state index in [4.69, 9.17) is 26.3 Å². The number of pyridine rings is 2. The summed E-state index contributed by atoms with van der Waals surface area (Å²) >= 11 is 6.59. The normalized spacial score (nSPS) is 12.7. The second-order valence-electron chi connectivity index (χ2n) is 7.90. The molecule has 0 aliphatic rings.